The van der Waals surface area contributed by atoms with Crippen LogP contribution in [0.25, 0.3) is 0 Å². The molecule has 0 nitrogen and oxygen atoms in total. The van der Waals surface area contributed by atoms with E-state index in [9.17, 15) is 0 Å². The third-order valence-electron chi connectivity index (χ3n) is 1.51. The van der Waals surface area contributed by atoms with Crippen molar-refractivity contribution in [2.75, 3.05) is 0 Å². The van der Waals surface area contributed by atoms with Crippen LogP contribution in [-0.2, 0) is 0 Å². The molecule has 2 unspecified atom stereocenters. The fraction of sp³-hybridized carbons (Fsp3) is 0.600. The van der Waals surface area contributed by atoms with Crippen LogP contribution in [0.4, 0.5) is 0 Å². The second-order valence-corrected chi connectivity index (χ2v) is 4.44. The molecule has 2 aliphatic rings. The second-order valence-electron chi connectivity index (χ2n) is 2.10. The van der Waals surface area contributed by atoms with Crippen molar-refractivity contribution in [3.8, 4) is 0 Å². The first-order valence-electron chi connectivity index (χ1n) is 2.38. The van der Waals surface area contributed by atoms with E-state index >= 15 is 0 Å². The van der Waals surface area contributed by atoms with Crippen molar-refractivity contribution in [1.82, 2.24) is 0 Å². The Balaban J connectivity index is 2.28. The normalized spacial score (nSPS) is 54.7. The Kier molecular flexibility index (Phi) is 0.653. The maximum absolute atomic E-state index is 4.42. The summed E-state index contributed by atoms with van der Waals surface area (Å²) < 4.78 is 0.361. The summed E-state index contributed by atoms with van der Waals surface area (Å²) in [5.74, 6) is 0.806. The van der Waals surface area contributed by atoms with Crippen LogP contribution in [0, 0.1) is 5.92 Å². The van der Waals surface area contributed by atoms with E-state index in [-0.39, 0.29) is 0 Å². The molecule has 0 aromatic rings. The van der Waals surface area contributed by atoms with Crippen molar-refractivity contribution in [3.05, 3.63) is 11.5 Å². The van der Waals surface area contributed by atoms with Crippen LogP contribution >= 0.6 is 24.4 Å². The van der Waals surface area contributed by atoms with Crippen LogP contribution in [0.2, 0.25) is 0 Å². The molecule has 0 radical (unpaired) electrons. The summed E-state index contributed by atoms with van der Waals surface area (Å²) >= 11 is 6.28. The fourth-order valence-electron chi connectivity index (χ4n) is 0.862. The zero-order valence-electron chi connectivity index (χ0n) is 3.79. The van der Waals surface area contributed by atoms with Gasteiger partial charge < -0.3 is 0 Å². The Morgan fingerprint density at radius 2 is 2.71 bits per heavy atom. The van der Waals surface area contributed by atoms with Gasteiger partial charge in [-0.1, -0.05) is 6.08 Å². The van der Waals surface area contributed by atoms with Crippen molar-refractivity contribution in [2.45, 2.75) is 10.5 Å². The predicted octanol–water partition coefficient (Wildman–Crippen LogP) is 1.89. The monoisotopic (exact) mass is 130 g/mol. The SMILES string of the molecule is SC12CC1C=CS2. The van der Waals surface area contributed by atoms with Crippen molar-refractivity contribution < 1.29 is 0 Å². The molecule has 1 aliphatic heterocycles. The first kappa shape index (κ1) is 4.33. The zero-order valence-corrected chi connectivity index (χ0v) is 5.51. The molecule has 1 saturated carbocycles. The fourth-order valence-corrected chi connectivity index (χ4v) is 2.36. The summed E-state index contributed by atoms with van der Waals surface area (Å²) in [6.45, 7) is 0. The number of hydrogen-bond donors (Lipinski definition) is 1. The number of hydrogen-bond acceptors (Lipinski definition) is 2. The second kappa shape index (κ2) is 1.06. The third kappa shape index (κ3) is 0.470. The van der Waals surface area contributed by atoms with Crippen LogP contribution in [0.15, 0.2) is 11.5 Å². The minimum absolute atomic E-state index is 0.361. The Hall–Kier alpha value is 0.440. The molecule has 0 spiro atoms. The van der Waals surface area contributed by atoms with E-state index in [1.54, 1.807) is 0 Å². The van der Waals surface area contributed by atoms with Gasteiger partial charge in [0.1, 0.15) is 0 Å². The third-order valence-corrected chi connectivity index (χ3v) is 3.52. The highest BCUT2D eigenvalue weighted by Gasteiger charge is 2.52. The molecule has 0 saturated heterocycles. The molecule has 0 N–H and O–H groups in total. The molecule has 1 fully saturated rings. The largest absolute Gasteiger partial charge is 0.161 e. The van der Waals surface area contributed by atoms with E-state index in [2.05, 4.69) is 24.1 Å². The molecule has 1 heterocycles. The van der Waals surface area contributed by atoms with Gasteiger partial charge in [0.15, 0.2) is 0 Å². The summed E-state index contributed by atoms with van der Waals surface area (Å²) in [7, 11) is 0. The molecule has 38 valence electrons. The lowest BCUT2D eigenvalue weighted by molar-refractivity contribution is 1.13. The average molecular weight is 130 g/mol. The minimum atomic E-state index is 0.361. The Labute approximate surface area is 52.8 Å². The van der Waals surface area contributed by atoms with Crippen molar-refractivity contribution in [2.24, 2.45) is 5.92 Å². The lowest BCUT2D eigenvalue weighted by Gasteiger charge is -1.94. The molecule has 2 heteroatoms. The minimum Gasteiger partial charge on any atom is -0.161 e. The summed E-state index contributed by atoms with van der Waals surface area (Å²) in [5.41, 5.74) is 0. The highest BCUT2D eigenvalue weighted by atomic mass is 32.2. The standard InChI is InChI=1S/C5H6S2/c6-5-3-4(5)1-2-7-5/h1-2,4,6H,3H2. The molecule has 0 amide bonds. The number of allylic oxidation sites excluding steroid dienone is 1. The smallest absolute Gasteiger partial charge is 0.0692 e. The Morgan fingerprint density at radius 3 is 2.86 bits per heavy atom. The molecule has 0 bridgehead atoms. The van der Waals surface area contributed by atoms with Gasteiger partial charge in [-0.3, -0.25) is 0 Å². The lowest BCUT2D eigenvalue weighted by Crippen LogP contribution is -1.84. The summed E-state index contributed by atoms with van der Waals surface area (Å²) in [5, 5.41) is 2.15. The summed E-state index contributed by atoms with van der Waals surface area (Å²) in [6, 6.07) is 0. The molecular weight excluding hydrogens is 124 g/mol. The lowest BCUT2D eigenvalue weighted by atomic mass is 10.4. The van der Waals surface area contributed by atoms with Gasteiger partial charge in [-0.05, 0) is 11.8 Å². The van der Waals surface area contributed by atoms with Crippen molar-refractivity contribution in [3.63, 3.8) is 0 Å². The van der Waals surface area contributed by atoms with Crippen LogP contribution in [0.1, 0.15) is 6.42 Å². The highest BCUT2D eigenvalue weighted by Crippen LogP contribution is 2.62. The molecule has 0 aromatic heterocycles. The van der Waals surface area contributed by atoms with E-state index in [4.69, 9.17) is 0 Å². The topological polar surface area (TPSA) is 0 Å². The summed E-state index contributed by atoms with van der Waals surface area (Å²) in [4.78, 5) is 0. The van der Waals surface area contributed by atoms with Crippen LogP contribution in [0.3, 0.4) is 0 Å². The van der Waals surface area contributed by atoms with Crippen LogP contribution in [-0.4, -0.2) is 4.08 Å². The van der Waals surface area contributed by atoms with E-state index in [0.29, 0.717) is 4.08 Å². The average Bonchev–Trinajstić information content (AvgIpc) is 2.09. The number of thiol groups is 1. The van der Waals surface area contributed by atoms with E-state index in [1.807, 2.05) is 11.8 Å². The van der Waals surface area contributed by atoms with Crippen molar-refractivity contribution in [1.29, 1.82) is 0 Å². The molecule has 2 rings (SSSR count). The Morgan fingerprint density at radius 1 is 1.86 bits per heavy atom. The van der Waals surface area contributed by atoms with Gasteiger partial charge in [-0.15, -0.1) is 11.8 Å². The van der Waals surface area contributed by atoms with Gasteiger partial charge in [0, 0.05) is 5.92 Å². The van der Waals surface area contributed by atoms with E-state index < -0.39 is 0 Å². The van der Waals surface area contributed by atoms with E-state index in [0.717, 1.165) is 5.92 Å². The molecular formula is C5H6S2. The number of fused-ring (bicyclic) bond motifs is 1. The molecule has 7 heavy (non-hydrogen) atoms. The zero-order chi connectivity index (χ0) is 4.91. The first-order chi connectivity index (χ1) is 3.31. The van der Waals surface area contributed by atoms with Crippen LogP contribution in [0.5, 0.6) is 0 Å². The van der Waals surface area contributed by atoms with Gasteiger partial charge >= 0.3 is 0 Å². The van der Waals surface area contributed by atoms with Gasteiger partial charge in [0.2, 0.25) is 0 Å². The van der Waals surface area contributed by atoms with E-state index in [1.165, 1.54) is 6.42 Å². The number of rotatable bonds is 0. The molecule has 2 atom stereocenters. The first-order valence-corrected chi connectivity index (χ1v) is 3.71. The predicted molar refractivity (Wildman–Crippen MR) is 36.6 cm³/mol. The van der Waals surface area contributed by atoms with Gasteiger partial charge in [0.25, 0.3) is 0 Å². The number of thioether (sulfide) groups is 1. The molecule has 1 aliphatic carbocycles. The van der Waals surface area contributed by atoms with Gasteiger partial charge in [0.05, 0.1) is 4.08 Å². The van der Waals surface area contributed by atoms with Gasteiger partial charge in [-0.2, -0.15) is 12.6 Å². The van der Waals surface area contributed by atoms with Crippen molar-refractivity contribution >= 4 is 24.4 Å². The van der Waals surface area contributed by atoms with Gasteiger partial charge in [-0.25, -0.2) is 0 Å². The maximum Gasteiger partial charge on any atom is 0.0692 e. The highest BCUT2D eigenvalue weighted by molar-refractivity contribution is 8.14. The Bertz CT molecular complexity index is 130. The molecule has 0 aromatic carbocycles. The van der Waals surface area contributed by atoms with Crippen LogP contribution < -0.4 is 0 Å². The summed E-state index contributed by atoms with van der Waals surface area (Å²) in [6.07, 6.45) is 3.54. The quantitative estimate of drug-likeness (QED) is 0.489. The maximum atomic E-state index is 4.42.